The lowest BCUT2D eigenvalue weighted by Gasteiger charge is -2.25. The van der Waals surface area contributed by atoms with Gasteiger partial charge in [-0.2, -0.15) is 0 Å². The number of carbonyl (C=O) groups excluding carboxylic acids is 2. The van der Waals surface area contributed by atoms with Gasteiger partial charge in [-0.1, -0.05) is 6.07 Å². The summed E-state index contributed by atoms with van der Waals surface area (Å²) in [5.74, 6) is -1.50. The largest absolute Gasteiger partial charge is 0.492 e. The minimum absolute atomic E-state index is 0.0699. The minimum atomic E-state index is -1.14. The standard InChI is InChI=1S/C17H19F2NO4/c1-4-24-17(22)11(9-21)8-20(14-7-13(14)19)15-10(2)5-6-12(18)16(15)23-3/h5-6,8-9,13-14H,4,7H2,1-3H3/b11-8+/t13-,14+/m0/s1. The quantitative estimate of drug-likeness (QED) is 0.251. The van der Waals surface area contributed by atoms with Crippen molar-refractivity contribution in [2.45, 2.75) is 32.5 Å². The van der Waals surface area contributed by atoms with Crippen LogP contribution in [-0.2, 0) is 14.3 Å². The van der Waals surface area contributed by atoms with E-state index in [9.17, 15) is 18.4 Å². The fraction of sp³-hybridized carbons (Fsp3) is 0.412. The third-order valence-electron chi connectivity index (χ3n) is 3.70. The number of alkyl halides is 1. The SMILES string of the molecule is CCOC(=O)/C(C=O)=C/N(c1c(C)ccc(F)c1OC)[C@@H]1C[C@@H]1F. The van der Waals surface area contributed by atoms with Crippen LogP contribution in [0.2, 0.25) is 0 Å². The highest BCUT2D eigenvalue weighted by atomic mass is 19.1. The van der Waals surface area contributed by atoms with E-state index in [-0.39, 0.29) is 30.0 Å². The first-order chi connectivity index (χ1) is 11.4. The maximum atomic E-state index is 14.0. The van der Waals surface area contributed by atoms with Crippen molar-refractivity contribution in [1.29, 1.82) is 0 Å². The molecule has 1 fully saturated rings. The maximum absolute atomic E-state index is 14.0. The molecule has 2 atom stereocenters. The number of aldehydes is 1. The third-order valence-corrected chi connectivity index (χ3v) is 3.70. The second-order valence-electron chi connectivity index (χ2n) is 5.40. The number of esters is 1. The van der Waals surface area contributed by atoms with E-state index in [1.54, 1.807) is 13.8 Å². The number of carbonyl (C=O) groups is 2. The molecule has 5 nitrogen and oxygen atoms in total. The van der Waals surface area contributed by atoms with Crippen molar-refractivity contribution < 1.29 is 27.8 Å². The number of anilines is 1. The van der Waals surface area contributed by atoms with Crippen LogP contribution >= 0.6 is 0 Å². The molecule has 0 saturated heterocycles. The molecule has 0 aliphatic heterocycles. The first kappa shape index (κ1) is 17.9. The van der Waals surface area contributed by atoms with Gasteiger partial charge in [0, 0.05) is 12.6 Å². The summed E-state index contributed by atoms with van der Waals surface area (Å²) in [6, 6.07) is 2.17. The van der Waals surface area contributed by atoms with E-state index in [1.807, 2.05) is 0 Å². The van der Waals surface area contributed by atoms with Gasteiger partial charge in [0.2, 0.25) is 0 Å². The van der Waals surface area contributed by atoms with Crippen LogP contribution in [0, 0.1) is 12.7 Å². The summed E-state index contributed by atoms with van der Waals surface area (Å²) in [6.45, 7) is 3.41. The van der Waals surface area contributed by atoms with Crippen molar-refractivity contribution >= 4 is 17.9 Å². The van der Waals surface area contributed by atoms with Crippen LogP contribution in [0.5, 0.6) is 5.75 Å². The Hall–Kier alpha value is -2.44. The predicted octanol–water partition coefficient (Wildman–Crippen LogP) is 2.71. The van der Waals surface area contributed by atoms with E-state index < -0.39 is 24.0 Å². The van der Waals surface area contributed by atoms with E-state index in [4.69, 9.17) is 9.47 Å². The number of methoxy groups -OCH3 is 1. The number of nitrogens with zero attached hydrogens (tertiary/aromatic N) is 1. The Morgan fingerprint density at radius 2 is 2.12 bits per heavy atom. The summed E-state index contributed by atoms with van der Waals surface area (Å²) >= 11 is 0. The average molecular weight is 339 g/mol. The molecule has 0 bridgehead atoms. The Morgan fingerprint density at radius 1 is 1.46 bits per heavy atom. The minimum Gasteiger partial charge on any atom is -0.492 e. The molecule has 1 aliphatic carbocycles. The zero-order valence-electron chi connectivity index (χ0n) is 13.7. The zero-order chi connectivity index (χ0) is 17.9. The third kappa shape index (κ3) is 3.55. The van der Waals surface area contributed by atoms with Gasteiger partial charge in [-0.15, -0.1) is 0 Å². The topological polar surface area (TPSA) is 55.8 Å². The molecule has 1 aliphatic rings. The number of hydrogen-bond acceptors (Lipinski definition) is 5. The van der Waals surface area contributed by atoms with Gasteiger partial charge in [-0.25, -0.2) is 13.6 Å². The molecule has 1 aromatic rings. The van der Waals surface area contributed by atoms with Crippen molar-refractivity contribution in [3.05, 3.63) is 35.3 Å². The molecule has 1 saturated carbocycles. The molecule has 0 unspecified atom stereocenters. The highest BCUT2D eigenvalue weighted by Crippen LogP contribution is 2.42. The Bertz CT molecular complexity index is 675. The van der Waals surface area contributed by atoms with E-state index in [0.717, 1.165) is 0 Å². The predicted molar refractivity (Wildman–Crippen MR) is 84.2 cm³/mol. The fourth-order valence-corrected chi connectivity index (χ4v) is 2.42. The summed E-state index contributed by atoms with van der Waals surface area (Å²) < 4.78 is 37.6. The summed E-state index contributed by atoms with van der Waals surface area (Å²) in [4.78, 5) is 24.4. The molecule has 0 amide bonds. The number of hydrogen-bond donors (Lipinski definition) is 0. The van der Waals surface area contributed by atoms with Crippen molar-refractivity contribution in [3.63, 3.8) is 0 Å². The molecule has 0 N–H and O–H groups in total. The summed E-state index contributed by atoms with van der Waals surface area (Å²) in [7, 11) is 1.30. The first-order valence-corrected chi connectivity index (χ1v) is 7.54. The molecule has 130 valence electrons. The maximum Gasteiger partial charge on any atom is 0.342 e. The normalized spacial score (nSPS) is 19.6. The monoisotopic (exact) mass is 339 g/mol. The van der Waals surface area contributed by atoms with Crippen LogP contribution in [0.15, 0.2) is 23.9 Å². The summed E-state index contributed by atoms with van der Waals surface area (Å²) in [5, 5.41) is 0. The Morgan fingerprint density at radius 3 is 2.62 bits per heavy atom. The number of benzene rings is 1. The second-order valence-corrected chi connectivity index (χ2v) is 5.40. The highest BCUT2D eigenvalue weighted by Gasteiger charge is 2.44. The molecule has 2 rings (SSSR count). The molecular formula is C17H19F2NO4. The molecule has 24 heavy (non-hydrogen) atoms. The van der Waals surface area contributed by atoms with Crippen LogP contribution in [0.4, 0.5) is 14.5 Å². The molecule has 0 aromatic heterocycles. The summed E-state index contributed by atoms with van der Waals surface area (Å²) in [5.41, 5.74) is 0.630. The first-order valence-electron chi connectivity index (χ1n) is 7.54. The van der Waals surface area contributed by atoms with Crippen molar-refractivity contribution in [3.8, 4) is 5.75 Å². The lowest BCUT2D eigenvalue weighted by atomic mass is 10.1. The highest BCUT2D eigenvalue weighted by molar-refractivity contribution is 6.08. The fourth-order valence-electron chi connectivity index (χ4n) is 2.42. The van der Waals surface area contributed by atoms with E-state index in [1.165, 1.54) is 30.3 Å². The molecule has 1 aromatic carbocycles. The Labute approximate surface area is 138 Å². The zero-order valence-corrected chi connectivity index (χ0v) is 13.7. The molecule has 7 heteroatoms. The van der Waals surface area contributed by atoms with Gasteiger partial charge in [0.25, 0.3) is 0 Å². The number of ether oxygens (including phenoxy) is 2. The summed E-state index contributed by atoms with van der Waals surface area (Å²) in [6.07, 6.45) is 0.606. The van der Waals surface area contributed by atoms with Crippen LogP contribution in [0.1, 0.15) is 18.9 Å². The van der Waals surface area contributed by atoms with E-state index in [2.05, 4.69) is 0 Å². The van der Waals surface area contributed by atoms with Gasteiger partial charge in [0.1, 0.15) is 11.7 Å². The number of rotatable bonds is 7. The lowest BCUT2D eigenvalue weighted by molar-refractivity contribution is -0.139. The van der Waals surface area contributed by atoms with Crippen LogP contribution in [-0.4, -0.2) is 38.2 Å². The average Bonchev–Trinajstić information content (AvgIpc) is 3.28. The van der Waals surface area contributed by atoms with Crippen LogP contribution in [0.25, 0.3) is 0 Å². The van der Waals surface area contributed by atoms with Gasteiger partial charge < -0.3 is 14.4 Å². The number of aryl methyl sites for hydroxylation is 1. The van der Waals surface area contributed by atoms with Gasteiger partial charge in [0.15, 0.2) is 17.9 Å². The Kier molecular flexibility index (Phi) is 5.54. The van der Waals surface area contributed by atoms with Gasteiger partial charge >= 0.3 is 5.97 Å². The smallest absolute Gasteiger partial charge is 0.342 e. The molecular weight excluding hydrogens is 320 g/mol. The van der Waals surface area contributed by atoms with Crippen molar-refractivity contribution in [2.24, 2.45) is 0 Å². The molecule has 0 heterocycles. The van der Waals surface area contributed by atoms with Gasteiger partial charge in [-0.05, 0) is 25.5 Å². The second kappa shape index (κ2) is 7.42. The number of halogens is 2. The van der Waals surface area contributed by atoms with Crippen LogP contribution in [0.3, 0.4) is 0 Å². The Balaban J connectivity index is 2.53. The molecule has 0 spiro atoms. The molecule has 0 radical (unpaired) electrons. The van der Waals surface area contributed by atoms with Gasteiger partial charge in [-0.3, -0.25) is 4.79 Å². The van der Waals surface area contributed by atoms with Crippen molar-refractivity contribution in [1.82, 2.24) is 0 Å². The lowest BCUT2D eigenvalue weighted by Crippen LogP contribution is -2.25. The van der Waals surface area contributed by atoms with Gasteiger partial charge in [0.05, 0.1) is 25.4 Å². The van der Waals surface area contributed by atoms with Crippen LogP contribution < -0.4 is 9.64 Å². The van der Waals surface area contributed by atoms with E-state index >= 15 is 0 Å². The van der Waals surface area contributed by atoms with Crippen molar-refractivity contribution in [2.75, 3.05) is 18.6 Å². The van der Waals surface area contributed by atoms with E-state index in [0.29, 0.717) is 11.8 Å².